The number of nitrogens with zero attached hydrogens (tertiary/aromatic N) is 1. The summed E-state index contributed by atoms with van der Waals surface area (Å²) in [7, 11) is 1.22. The molecule has 1 aromatic carbocycles. The van der Waals surface area contributed by atoms with E-state index in [4.69, 9.17) is 9.47 Å². The number of rotatable bonds is 6. The van der Waals surface area contributed by atoms with Crippen LogP contribution >= 0.6 is 0 Å². The van der Waals surface area contributed by atoms with E-state index in [0.717, 1.165) is 12.1 Å². The van der Waals surface area contributed by atoms with Gasteiger partial charge in [0.25, 0.3) is 0 Å². The maximum Gasteiger partial charge on any atom is 0.416 e. The molecule has 9 heteroatoms. The van der Waals surface area contributed by atoms with E-state index in [1.165, 1.54) is 18.1 Å². The second-order valence-electron chi connectivity index (χ2n) is 6.89. The molecule has 0 saturated carbocycles. The van der Waals surface area contributed by atoms with Crippen LogP contribution < -0.4 is 0 Å². The third-order valence-corrected chi connectivity index (χ3v) is 4.93. The van der Waals surface area contributed by atoms with Gasteiger partial charge >= 0.3 is 18.2 Å². The number of hydrogen-bond donors (Lipinski definition) is 0. The van der Waals surface area contributed by atoms with Crippen molar-refractivity contribution < 1.29 is 37.0 Å². The van der Waals surface area contributed by atoms with Crippen LogP contribution in [0.25, 0.3) is 0 Å². The van der Waals surface area contributed by atoms with Crippen molar-refractivity contribution in [2.75, 3.05) is 20.3 Å². The predicted molar refractivity (Wildman–Crippen MR) is 97.0 cm³/mol. The third kappa shape index (κ3) is 6.20. The fraction of sp³-hybridized carbons (Fsp3) is 0.550. The zero-order valence-electron chi connectivity index (χ0n) is 16.3. The lowest BCUT2D eigenvalue weighted by atomic mass is 9.84. The zero-order chi connectivity index (χ0) is 21.6. The molecule has 0 bridgehead atoms. The van der Waals surface area contributed by atoms with Crippen LogP contribution in [-0.4, -0.2) is 49.0 Å². The monoisotopic (exact) mass is 415 g/mol. The predicted octanol–water partition coefficient (Wildman–Crippen LogP) is 3.62. The Labute approximate surface area is 167 Å². The second-order valence-corrected chi connectivity index (χ2v) is 6.89. The fourth-order valence-electron chi connectivity index (χ4n) is 3.54. The van der Waals surface area contributed by atoms with Crippen LogP contribution in [0.3, 0.4) is 0 Å². The van der Waals surface area contributed by atoms with E-state index in [2.05, 4.69) is 0 Å². The Morgan fingerprint density at radius 1 is 1.24 bits per heavy atom. The Morgan fingerprint density at radius 3 is 2.59 bits per heavy atom. The number of ketones is 1. The molecule has 1 aromatic rings. The van der Waals surface area contributed by atoms with E-state index in [9.17, 15) is 27.6 Å². The molecule has 160 valence electrons. The minimum Gasteiger partial charge on any atom is -0.466 e. The van der Waals surface area contributed by atoms with Crippen molar-refractivity contribution >= 4 is 17.8 Å². The molecule has 0 spiro atoms. The summed E-state index contributed by atoms with van der Waals surface area (Å²) in [6, 6.07) is 4.37. The van der Waals surface area contributed by atoms with Crippen molar-refractivity contribution in [1.29, 1.82) is 0 Å². The molecule has 1 amide bonds. The van der Waals surface area contributed by atoms with Gasteiger partial charge in [-0.2, -0.15) is 13.2 Å². The summed E-state index contributed by atoms with van der Waals surface area (Å²) in [6.45, 7) is 2.03. The summed E-state index contributed by atoms with van der Waals surface area (Å²) < 4.78 is 48.5. The lowest BCUT2D eigenvalue weighted by Gasteiger charge is -2.38. The number of benzene rings is 1. The zero-order valence-corrected chi connectivity index (χ0v) is 16.3. The van der Waals surface area contributed by atoms with E-state index in [-0.39, 0.29) is 38.2 Å². The Bertz CT molecular complexity index is 750. The molecule has 2 rings (SSSR count). The Hall–Kier alpha value is -2.58. The molecule has 1 fully saturated rings. The number of methoxy groups -OCH3 is 1. The lowest BCUT2D eigenvalue weighted by Crippen LogP contribution is -2.48. The van der Waals surface area contributed by atoms with Crippen LogP contribution in [0.1, 0.15) is 37.3 Å². The molecule has 1 aliphatic heterocycles. The average Bonchev–Trinajstić information content (AvgIpc) is 2.67. The molecule has 1 aliphatic rings. The van der Waals surface area contributed by atoms with E-state index < -0.39 is 35.8 Å². The Balaban J connectivity index is 2.16. The number of piperidine rings is 1. The van der Waals surface area contributed by atoms with Crippen molar-refractivity contribution in [2.45, 2.75) is 44.8 Å². The van der Waals surface area contributed by atoms with Crippen molar-refractivity contribution in [3.63, 3.8) is 0 Å². The van der Waals surface area contributed by atoms with E-state index >= 15 is 0 Å². The highest BCUT2D eigenvalue weighted by molar-refractivity contribution is 5.96. The highest BCUT2D eigenvalue weighted by atomic mass is 19.4. The number of carbonyl (C=O) groups is 3. The first-order valence-electron chi connectivity index (χ1n) is 9.34. The van der Waals surface area contributed by atoms with Gasteiger partial charge in [-0.05, 0) is 37.8 Å². The number of likely N-dealkylation sites (tertiary alicyclic amines) is 1. The second kappa shape index (κ2) is 9.76. The molecule has 2 atom stereocenters. The van der Waals surface area contributed by atoms with Crippen LogP contribution in [0.2, 0.25) is 0 Å². The van der Waals surface area contributed by atoms with Gasteiger partial charge < -0.3 is 14.4 Å². The first kappa shape index (κ1) is 22.7. The molecule has 0 N–H and O–H groups in total. The Kier molecular flexibility index (Phi) is 7.64. The lowest BCUT2D eigenvalue weighted by molar-refractivity contribution is -0.146. The summed E-state index contributed by atoms with van der Waals surface area (Å²) in [5.74, 6) is -1.37. The van der Waals surface area contributed by atoms with Crippen molar-refractivity contribution in [3.8, 4) is 0 Å². The number of hydrogen-bond acceptors (Lipinski definition) is 5. The van der Waals surface area contributed by atoms with E-state index in [0.29, 0.717) is 12.0 Å². The number of Topliss-reactive ketones (excluding diaryl/α,β-unsaturated/α-hetero) is 1. The standard InChI is InChI=1S/C20H24F3NO5/c1-3-29-18(26)12-17(25)14-7-8-24(19(27)28-2)16(11-14)10-13-5-4-6-15(9-13)20(21,22)23/h4-6,9,14,16H,3,7-8,10-12H2,1-2H3/t14-,16-/m0/s1. The number of alkyl halides is 3. The maximum absolute atomic E-state index is 13.0. The van der Waals surface area contributed by atoms with E-state index in [1.54, 1.807) is 13.0 Å². The summed E-state index contributed by atoms with van der Waals surface area (Å²) in [5, 5.41) is 0. The van der Waals surface area contributed by atoms with Gasteiger partial charge in [0, 0.05) is 18.5 Å². The number of esters is 1. The molecule has 0 radical (unpaired) electrons. The van der Waals surface area contributed by atoms with Gasteiger partial charge in [-0.1, -0.05) is 18.2 Å². The minimum absolute atomic E-state index is 0.141. The number of carbonyl (C=O) groups excluding carboxylic acids is 3. The first-order valence-corrected chi connectivity index (χ1v) is 9.34. The molecular weight excluding hydrogens is 391 g/mol. The summed E-state index contributed by atoms with van der Waals surface area (Å²) >= 11 is 0. The topological polar surface area (TPSA) is 72.9 Å². The maximum atomic E-state index is 13.0. The molecule has 0 aromatic heterocycles. The number of amides is 1. The van der Waals surface area contributed by atoms with Crippen LogP contribution in [0, 0.1) is 5.92 Å². The normalized spacial score (nSPS) is 19.6. The van der Waals surface area contributed by atoms with Gasteiger partial charge in [0.15, 0.2) is 0 Å². The highest BCUT2D eigenvalue weighted by Crippen LogP contribution is 2.32. The quantitative estimate of drug-likeness (QED) is 0.524. The van der Waals surface area contributed by atoms with Crippen molar-refractivity contribution in [3.05, 3.63) is 35.4 Å². The van der Waals surface area contributed by atoms with Gasteiger partial charge in [-0.25, -0.2) is 4.79 Å². The first-order chi connectivity index (χ1) is 13.7. The van der Waals surface area contributed by atoms with Crippen LogP contribution in [-0.2, 0) is 31.7 Å². The summed E-state index contributed by atoms with van der Waals surface area (Å²) in [4.78, 5) is 37.5. The van der Waals surface area contributed by atoms with Gasteiger partial charge in [0.1, 0.15) is 12.2 Å². The fourth-order valence-corrected chi connectivity index (χ4v) is 3.54. The van der Waals surface area contributed by atoms with Crippen molar-refractivity contribution in [2.24, 2.45) is 5.92 Å². The number of ether oxygens (including phenoxy) is 2. The van der Waals surface area contributed by atoms with Gasteiger partial charge in [-0.3, -0.25) is 9.59 Å². The third-order valence-electron chi connectivity index (χ3n) is 4.93. The number of halogens is 3. The van der Waals surface area contributed by atoms with Gasteiger partial charge in [-0.15, -0.1) is 0 Å². The van der Waals surface area contributed by atoms with Crippen LogP contribution in [0.4, 0.5) is 18.0 Å². The SMILES string of the molecule is CCOC(=O)CC(=O)[C@H]1CCN(C(=O)OC)[C@@H](Cc2cccc(C(F)(F)F)c2)C1. The average molecular weight is 415 g/mol. The van der Waals surface area contributed by atoms with Crippen LogP contribution in [0.5, 0.6) is 0 Å². The summed E-state index contributed by atoms with van der Waals surface area (Å²) in [5.41, 5.74) is -0.373. The van der Waals surface area contributed by atoms with Crippen LogP contribution in [0.15, 0.2) is 24.3 Å². The molecule has 6 nitrogen and oxygen atoms in total. The van der Waals surface area contributed by atoms with E-state index in [1.807, 2.05) is 0 Å². The van der Waals surface area contributed by atoms with Gasteiger partial charge in [0.2, 0.25) is 0 Å². The molecule has 29 heavy (non-hydrogen) atoms. The van der Waals surface area contributed by atoms with Crippen molar-refractivity contribution in [1.82, 2.24) is 4.90 Å². The smallest absolute Gasteiger partial charge is 0.416 e. The summed E-state index contributed by atoms with van der Waals surface area (Å²) in [6.07, 6.45) is -4.69. The highest BCUT2D eigenvalue weighted by Gasteiger charge is 2.36. The molecule has 1 heterocycles. The van der Waals surface area contributed by atoms with Gasteiger partial charge in [0.05, 0.1) is 19.3 Å². The molecule has 0 aliphatic carbocycles. The molecule has 0 unspecified atom stereocenters. The molecule has 1 saturated heterocycles. The minimum atomic E-state index is -4.47. The Morgan fingerprint density at radius 2 is 1.97 bits per heavy atom. The molecular formula is C20H24F3NO5. The largest absolute Gasteiger partial charge is 0.466 e.